The number of nitrogens with zero attached hydrogens (tertiary/aromatic N) is 2. The SMILES string of the molecule is Cc1ccc(NC(=O)COC(=O)[C@H](C)N2C(=O)[C@H]3CC=CC[C@H]3C2=O)cc1S(=O)(=O)N(C)C. The van der Waals surface area contributed by atoms with Gasteiger partial charge in [0.15, 0.2) is 6.61 Å². The summed E-state index contributed by atoms with van der Waals surface area (Å²) < 4.78 is 31.0. The summed E-state index contributed by atoms with van der Waals surface area (Å²) in [6.07, 6.45) is 4.61. The molecular weight excluding hydrogens is 450 g/mol. The molecule has 1 saturated heterocycles. The van der Waals surface area contributed by atoms with Crippen LogP contribution in [0.25, 0.3) is 0 Å². The van der Waals surface area contributed by atoms with Crippen LogP contribution in [0, 0.1) is 18.8 Å². The van der Waals surface area contributed by atoms with Crippen molar-refractivity contribution in [2.45, 2.75) is 37.6 Å². The van der Waals surface area contributed by atoms with Crippen molar-refractivity contribution in [3.05, 3.63) is 35.9 Å². The summed E-state index contributed by atoms with van der Waals surface area (Å²) in [7, 11) is -0.900. The number of aryl methyl sites for hydroxylation is 1. The van der Waals surface area contributed by atoms with Crippen molar-refractivity contribution in [2.75, 3.05) is 26.0 Å². The normalized spacial score (nSPS) is 21.2. The van der Waals surface area contributed by atoms with E-state index in [1.54, 1.807) is 13.0 Å². The van der Waals surface area contributed by atoms with Gasteiger partial charge in [-0.15, -0.1) is 0 Å². The molecule has 1 aliphatic heterocycles. The van der Waals surface area contributed by atoms with Crippen LogP contribution >= 0.6 is 0 Å². The lowest BCUT2D eigenvalue weighted by molar-refractivity contribution is -0.159. The molecule has 10 nitrogen and oxygen atoms in total. The van der Waals surface area contributed by atoms with E-state index < -0.39 is 58.2 Å². The van der Waals surface area contributed by atoms with Crippen LogP contribution in [0.15, 0.2) is 35.2 Å². The minimum absolute atomic E-state index is 0.0398. The zero-order chi connectivity index (χ0) is 24.5. The van der Waals surface area contributed by atoms with Crippen molar-refractivity contribution in [3.8, 4) is 0 Å². The maximum atomic E-state index is 12.6. The van der Waals surface area contributed by atoms with Crippen molar-refractivity contribution >= 4 is 39.4 Å². The van der Waals surface area contributed by atoms with E-state index in [1.807, 2.05) is 12.2 Å². The molecule has 33 heavy (non-hydrogen) atoms. The molecule has 1 aromatic carbocycles. The van der Waals surface area contributed by atoms with E-state index in [1.165, 1.54) is 33.2 Å². The van der Waals surface area contributed by atoms with Crippen LogP contribution in [0.3, 0.4) is 0 Å². The van der Waals surface area contributed by atoms with Gasteiger partial charge in [-0.1, -0.05) is 18.2 Å². The number of allylic oxidation sites excluding steroid dienone is 2. The smallest absolute Gasteiger partial charge is 0.329 e. The first-order chi connectivity index (χ1) is 15.4. The molecule has 1 heterocycles. The van der Waals surface area contributed by atoms with E-state index in [-0.39, 0.29) is 10.6 Å². The average molecular weight is 478 g/mol. The third kappa shape index (κ3) is 4.83. The van der Waals surface area contributed by atoms with Crippen LogP contribution in [0.1, 0.15) is 25.3 Å². The molecule has 0 unspecified atom stereocenters. The Labute approximate surface area is 192 Å². The molecule has 1 aliphatic carbocycles. The second-order valence-corrected chi connectivity index (χ2v) is 10.4. The summed E-state index contributed by atoms with van der Waals surface area (Å²) in [5.41, 5.74) is 0.731. The summed E-state index contributed by atoms with van der Waals surface area (Å²) >= 11 is 0. The van der Waals surface area contributed by atoms with Crippen molar-refractivity contribution in [1.29, 1.82) is 0 Å². The largest absolute Gasteiger partial charge is 0.454 e. The topological polar surface area (TPSA) is 130 Å². The lowest BCUT2D eigenvalue weighted by Crippen LogP contribution is -2.45. The first-order valence-corrected chi connectivity index (χ1v) is 11.9. The van der Waals surface area contributed by atoms with Gasteiger partial charge in [0.1, 0.15) is 6.04 Å². The Bertz CT molecular complexity index is 1100. The molecule has 3 rings (SSSR count). The van der Waals surface area contributed by atoms with Crippen LogP contribution in [0.4, 0.5) is 5.69 Å². The minimum atomic E-state index is -3.71. The highest BCUT2D eigenvalue weighted by molar-refractivity contribution is 7.89. The number of imide groups is 1. The molecule has 0 spiro atoms. The Morgan fingerprint density at radius 3 is 2.27 bits per heavy atom. The molecule has 0 radical (unpaired) electrons. The van der Waals surface area contributed by atoms with Gasteiger partial charge < -0.3 is 10.1 Å². The van der Waals surface area contributed by atoms with Crippen LogP contribution in [0.5, 0.6) is 0 Å². The number of likely N-dealkylation sites (tertiary alicyclic amines) is 1. The molecule has 1 aromatic rings. The lowest BCUT2D eigenvalue weighted by atomic mass is 9.85. The molecular formula is C22H27N3O7S. The zero-order valence-corrected chi connectivity index (χ0v) is 19.7. The molecule has 0 saturated carbocycles. The van der Waals surface area contributed by atoms with E-state index in [0.29, 0.717) is 18.4 Å². The number of ether oxygens (including phenoxy) is 1. The van der Waals surface area contributed by atoms with Gasteiger partial charge in [0.25, 0.3) is 5.91 Å². The van der Waals surface area contributed by atoms with E-state index in [4.69, 9.17) is 4.74 Å². The predicted octanol–water partition coefficient (Wildman–Crippen LogP) is 1.07. The standard InChI is InChI=1S/C22H27N3O7S/c1-13-9-10-15(11-18(13)33(30,31)24(3)4)23-19(26)12-32-22(29)14(2)25-20(27)16-7-5-6-8-17(16)21(25)28/h5-6,9-11,14,16-17H,7-8,12H2,1-4H3,(H,23,26)/t14-,16-,17+/m0/s1. The second kappa shape index (κ2) is 9.44. The summed E-state index contributed by atoms with van der Waals surface area (Å²) in [6.45, 7) is 2.37. The van der Waals surface area contributed by atoms with Crippen molar-refractivity contribution in [3.63, 3.8) is 0 Å². The minimum Gasteiger partial charge on any atom is -0.454 e. The fourth-order valence-corrected chi connectivity index (χ4v) is 5.06. The predicted molar refractivity (Wildman–Crippen MR) is 118 cm³/mol. The monoisotopic (exact) mass is 477 g/mol. The number of sulfonamides is 1. The van der Waals surface area contributed by atoms with Gasteiger partial charge in [0.2, 0.25) is 21.8 Å². The maximum absolute atomic E-state index is 12.6. The number of carbonyl (C=O) groups excluding carboxylic acids is 4. The van der Waals surface area contributed by atoms with Gasteiger partial charge in [-0.25, -0.2) is 17.5 Å². The molecule has 178 valence electrons. The van der Waals surface area contributed by atoms with Crippen LogP contribution < -0.4 is 5.32 Å². The van der Waals surface area contributed by atoms with Gasteiger partial charge in [0, 0.05) is 19.8 Å². The molecule has 1 fully saturated rings. The Kier molecular flexibility index (Phi) is 7.03. The second-order valence-electron chi connectivity index (χ2n) is 8.30. The molecule has 11 heteroatoms. The fourth-order valence-electron chi connectivity index (χ4n) is 3.92. The van der Waals surface area contributed by atoms with Gasteiger partial charge in [0.05, 0.1) is 16.7 Å². The number of nitrogens with one attached hydrogen (secondary N) is 1. The van der Waals surface area contributed by atoms with E-state index in [2.05, 4.69) is 5.32 Å². The number of carbonyl (C=O) groups is 4. The van der Waals surface area contributed by atoms with E-state index in [0.717, 1.165) is 9.21 Å². The molecule has 0 bridgehead atoms. The quantitative estimate of drug-likeness (QED) is 0.353. The number of hydrogen-bond donors (Lipinski definition) is 1. The van der Waals surface area contributed by atoms with Gasteiger partial charge in [-0.3, -0.25) is 19.3 Å². The highest BCUT2D eigenvalue weighted by atomic mass is 32.2. The van der Waals surface area contributed by atoms with Crippen molar-refractivity contribution < 1.29 is 32.3 Å². The number of esters is 1. The number of amides is 3. The summed E-state index contributed by atoms with van der Waals surface area (Å²) in [5, 5.41) is 2.49. The Morgan fingerprint density at radius 2 is 1.73 bits per heavy atom. The molecule has 3 amide bonds. The van der Waals surface area contributed by atoms with Crippen LogP contribution in [-0.4, -0.2) is 68.1 Å². The first-order valence-electron chi connectivity index (χ1n) is 10.5. The van der Waals surface area contributed by atoms with E-state index >= 15 is 0 Å². The summed E-state index contributed by atoms with van der Waals surface area (Å²) in [5.74, 6) is -3.30. The Hall–Kier alpha value is -3.05. The van der Waals surface area contributed by atoms with Crippen LogP contribution in [-0.2, 0) is 33.9 Å². The molecule has 2 aliphatic rings. The number of rotatable bonds is 7. The van der Waals surface area contributed by atoms with Gasteiger partial charge >= 0.3 is 5.97 Å². The third-order valence-electron chi connectivity index (χ3n) is 5.85. The maximum Gasteiger partial charge on any atom is 0.329 e. The van der Waals surface area contributed by atoms with Gasteiger partial charge in [-0.05, 0) is 44.4 Å². The molecule has 1 N–H and O–H groups in total. The average Bonchev–Trinajstić information content (AvgIpc) is 3.03. The number of benzene rings is 1. The number of anilines is 1. The highest BCUT2D eigenvalue weighted by Gasteiger charge is 2.50. The Balaban J connectivity index is 1.61. The van der Waals surface area contributed by atoms with Crippen molar-refractivity contribution in [1.82, 2.24) is 9.21 Å². The highest BCUT2D eigenvalue weighted by Crippen LogP contribution is 2.36. The van der Waals surface area contributed by atoms with Crippen molar-refractivity contribution in [2.24, 2.45) is 11.8 Å². The summed E-state index contributed by atoms with van der Waals surface area (Å²) in [4.78, 5) is 50.9. The van der Waals surface area contributed by atoms with E-state index in [9.17, 15) is 27.6 Å². The summed E-state index contributed by atoms with van der Waals surface area (Å²) in [6, 6.07) is 3.26. The lowest BCUT2D eigenvalue weighted by Gasteiger charge is -2.21. The first kappa shape index (κ1) is 24.6. The molecule has 3 atom stereocenters. The Morgan fingerprint density at radius 1 is 1.15 bits per heavy atom. The third-order valence-corrected chi connectivity index (χ3v) is 7.80. The van der Waals surface area contributed by atoms with Gasteiger partial charge in [-0.2, -0.15) is 0 Å². The molecule has 0 aromatic heterocycles. The number of fused-ring (bicyclic) bond motifs is 1. The number of hydrogen-bond acceptors (Lipinski definition) is 7. The zero-order valence-electron chi connectivity index (χ0n) is 18.9. The van der Waals surface area contributed by atoms with Crippen LogP contribution in [0.2, 0.25) is 0 Å². The fraction of sp³-hybridized carbons (Fsp3) is 0.455.